The number of benzene rings is 1. The lowest BCUT2D eigenvalue weighted by atomic mass is 10.0. The van der Waals surface area contributed by atoms with Crippen LogP contribution in [-0.4, -0.2) is 30.0 Å². The van der Waals surface area contributed by atoms with Gasteiger partial charge in [0.05, 0.1) is 4.92 Å². The van der Waals surface area contributed by atoms with E-state index in [2.05, 4.69) is 10.6 Å². The lowest BCUT2D eigenvalue weighted by molar-refractivity contribution is -0.385. The maximum absolute atomic E-state index is 12.1. The summed E-state index contributed by atoms with van der Waals surface area (Å²) in [5, 5.41) is 17.0. The molecular weight excluding hydrogens is 282 g/mol. The average molecular weight is 300 g/mol. The topological polar surface area (TPSA) is 84.3 Å². The van der Waals surface area contributed by atoms with Gasteiger partial charge < -0.3 is 10.6 Å². The second-order valence-corrected chi connectivity index (χ2v) is 4.72. The molecule has 1 aromatic rings. The molecular formula is C13H18ClN3O3. The molecule has 1 aliphatic rings. The zero-order valence-electron chi connectivity index (χ0n) is 11.2. The second-order valence-electron chi connectivity index (χ2n) is 4.72. The van der Waals surface area contributed by atoms with E-state index >= 15 is 0 Å². The first-order valence-electron chi connectivity index (χ1n) is 6.35. The Balaban J connectivity index is 0.00000200. The van der Waals surface area contributed by atoms with Crippen molar-refractivity contribution >= 4 is 24.0 Å². The summed E-state index contributed by atoms with van der Waals surface area (Å²) in [6, 6.07) is 4.67. The molecule has 1 aliphatic heterocycles. The third-order valence-corrected chi connectivity index (χ3v) is 3.38. The highest BCUT2D eigenvalue weighted by Gasteiger charge is 2.21. The Bertz CT molecular complexity index is 502. The highest BCUT2D eigenvalue weighted by atomic mass is 35.5. The summed E-state index contributed by atoms with van der Waals surface area (Å²) < 4.78 is 0. The normalized spacial score (nSPS) is 17.9. The monoisotopic (exact) mass is 299 g/mol. The summed E-state index contributed by atoms with van der Waals surface area (Å²) in [5.41, 5.74) is 0.767. The molecule has 1 amide bonds. The molecule has 1 fully saturated rings. The van der Waals surface area contributed by atoms with Gasteiger partial charge in [0, 0.05) is 29.8 Å². The minimum Gasteiger partial charge on any atom is -0.348 e. The number of nitro groups is 1. The van der Waals surface area contributed by atoms with E-state index in [1.807, 2.05) is 0 Å². The number of hydrogen-bond donors (Lipinski definition) is 2. The number of nitrogens with zero attached hydrogens (tertiary/aromatic N) is 1. The van der Waals surface area contributed by atoms with E-state index in [-0.39, 0.29) is 30.0 Å². The van der Waals surface area contributed by atoms with Crippen molar-refractivity contribution in [2.24, 2.45) is 0 Å². The molecule has 1 saturated heterocycles. The Morgan fingerprint density at radius 1 is 1.50 bits per heavy atom. The first kappa shape index (κ1) is 16.4. The van der Waals surface area contributed by atoms with Crippen LogP contribution in [0.1, 0.15) is 28.8 Å². The van der Waals surface area contributed by atoms with E-state index in [0.717, 1.165) is 25.9 Å². The van der Waals surface area contributed by atoms with E-state index in [0.29, 0.717) is 11.1 Å². The van der Waals surface area contributed by atoms with Crippen molar-refractivity contribution < 1.29 is 9.72 Å². The molecule has 1 atom stereocenters. The predicted octanol–water partition coefficient (Wildman–Crippen LogP) is 1.81. The zero-order valence-corrected chi connectivity index (χ0v) is 12.0. The fourth-order valence-electron chi connectivity index (χ4n) is 2.31. The highest BCUT2D eigenvalue weighted by molar-refractivity contribution is 5.96. The molecule has 0 saturated carbocycles. The highest BCUT2D eigenvalue weighted by Crippen LogP contribution is 2.21. The first-order valence-corrected chi connectivity index (χ1v) is 6.35. The number of rotatable bonds is 3. The number of nitro benzene ring substituents is 1. The third kappa shape index (κ3) is 3.68. The smallest absolute Gasteiger partial charge is 0.273 e. The number of halogens is 1. The first-order chi connectivity index (χ1) is 9.09. The van der Waals surface area contributed by atoms with Crippen molar-refractivity contribution in [3.05, 3.63) is 39.4 Å². The molecule has 1 unspecified atom stereocenters. The quantitative estimate of drug-likeness (QED) is 0.658. The van der Waals surface area contributed by atoms with Gasteiger partial charge in [0.25, 0.3) is 11.6 Å². The van der Waals surface area contributed by atoms with Crippen LogP contribution in [0.3, 0.4) is 0 Å². The molecule has 7 heteroatoms. The summed E-state index contributed by atoms with van der Waals surface area (Å²) in [6.07, 6.45) is 1.96. The van der Waals surface area contributed by atoms with Crippen molar-refractivity contribution in [3.63, 3.8) is 0 Å². The summed E-state index contributed by atoms with van der Waals surface area (Å²) in [6.45, 7) is 3.33. The van der Waals surface area contributed by atoms with Crippen LogP contribution in [-0.2, 0) is 0 Å². The van der Waals surface area contributed by atoms with Gasteiger partial charge in [-0.05, 0) is 32.4 Å². The van der Waals surface area contributed by atoms with Gasteiger partial charge in [0.2, 0.25) is 0 Å². The molecule has 0 aliphatic carbocycles. The van der Waals surface area contributed by atoms with Crippen LogP contribution < -0.4 is 10.6 Å². The van der Waals surface area contributed by atoms with Gasteiger partial charge >= 0.3 is 0 Å². The molecule has 20 heavy (non-hydrogen) atoms. The molecule has 0 radical (unpaired) electrons. The van der Waals surface area contributed by atoms with Gasteiger partial charge in [0.1, 0.15) is 0 Å². The van der Waals surface area contributed by atoms with Gasteiger partial charge in [-0.15, -0.1) is 12.4 Å². The van der Waals surface area contributed by atoms with Crippen molar-refractivity contribution in [2.75, 3.05) is 13.1 Å². The standard InChI is InChI=1S/C13H17N3O3.ClH/c1-9-11(5-2-6-12(9)16(18)19)13(17)15-10-4-3-7-14-8-10;/h2,5-6,10,14H,3-4,7-8H2,1H3,(H,15,17);1H. The van der Waals surface area contributed by atoms with Crippen LogP contribution in [0.15, 0.2) is 18.2 Å². The van der Waals surface area contributed by atoms with Crippen LogP contribution in [0.4, 0.5) is 5.69 Å². The van der Waals surface area contributed by atoms with Crippen LogP contribution >= 0.6 is 12.4 Å². The minimum absolute atomic E-state index is 0. The van der Waals surface area contributed by atoms with Crippen LogP contribution in [0.5, 0.6) is 0 Å². The lowest BCUT2D eigenvalue weighted by Gasteiger charge is -2.24. The molecule has 2 N–H and O–H groups in total. The number of hydrogen-bond acceptors (Lipinski definition) is 4. The summed E-state index contributed by atoms with van der Waals surface area (Å²) >= 11 is 0. The van der Waals surface area contributed by atoms with E-state index in [4.69, 9.17) is 0 Å². The van der Waals surface area contributed by atoms with E-state index in [9.17, 15) is 14.9 Å². The van der Waals surface area contributed by atoms with Crippen LogP contribution in [0.2, 0.25) is 0 Å². The molecule has 2 rings (SSSR count). The van der Waals surface area contributed by atoms with Gasteiger partial charge in [-0.25, -0.2) is 0 Å². The van der Waals surface area contributed by atoms with Crippen molar-refractivity contribution in [1.29, 1.82) is 0 Å². The predicted molar refractivity (Wildman–Crippen MR) is 78.4 cm³/mol. The molecule has 0 bridgehead atoms. The molecule has 0 aromatic heterocycles. The summed E-state index contributed by atoms with van der Waals surface area (Å²) in [7, 11) is 0. The molecule has 110 valence electrons. The van der Waals surface area contributed by atoms with E-state index in [1.54, 1.807) is 19.1 Å². The van der Waals surface area contributed by atoms with Crippen LogP contribution in [0.25, 0.3) is 0 Å². The molecule has 0 spiro atoms. The van der Waals surface area contributed by atoms with Gasteiger partial charge in [-0.1, -0.05) is 6.07 Å². The minimum atomic E-state index is -0.464. The number of carbonyl (C=O) groups excluding carboxylic acids is 1. The van der Waals surface area contributed by atoms with Crippen molar-refractivity contribution in [1.82, 2.24) is 10.6 Å². The maximum atomic E-state index is 12.1. The number of amides is 1. The van der Waals surface area contributed by atoms with Crippen molar-refractivity contribution in [2.45, 2.75) is 25.8 Å². The third-order valence-electron chi connectivity index (χ3n) is 3.38. The number of piperidine rings is 1. The SMILES string of the molecule is Cc1c(C(=O)NC2CCCNC2)cccc1[N+](=O)[O-].Cl. The van der Waals surface area contributed by atoms with Gasteiger partial charge in [-0.3, -0.25) is 14.9 Å². The Morgan fingerprint density at radius 3 is 2.85 bits per heavy atom. The second kappa shape index (κ2) is 7.21. The lowest BCUT2D eigenvalue weighted by Crippen LogP contribution is -2.45. The fraction of sp³-hybridized carbons (Fsp3) is 0.462. The Labute approximate surface area is 123 Å². The van der Waals surface area contributed by atoms with Crippen molar-refractivity contribution in [3.8, 4) is 0 Å². The Kier molecular flexibility index (Phi) is 5.91. The summed E-state index contributed by atoms with van der Waals surface area (Å²) in [4.78, 5) is 22.5. The largest absolute Gasteiger partial charge is 0.348 e. The zero-order chi connectivity index (χ0) is 13.8. The Morgan fingerprint density at radius 2 is 2.25 bits per heavy atom. The molecule has 1 aromatic carbocycles. The number of carbonyl (C=O) groups is 1. The fourth-order valence-corrected chi connectivity index (χ4v) is 2.31. The molecule has 6 nitrogen and oxygen atoms in total. The Hall–Kier alpha value is -1.66. The molecule has 1 heterocycles. The van der Waals surface area contributed by atoms with Gasteiger partial charge in [0.15, 0.2) is 0 Å². The average Bonchev–Trinajstić information content (AvgIpc) is 2.39. The van der Waals surface area contributed by atoms with E-state index in [1.165, 1.54) is 6.07 Å². The van der Waals surface area contributed by atoms with Crippen LogP contribution in [0, 0.1) is 17.0 Å². The maximum Gasteiger partial charge on any atom is 0.273 e. The summed E-state index contributed by atoms with van der Waals surface area (Å²) in [5.74, 6) is -0.241. The van der Waals surface area contributed by atoms with E-state index < -0.39 is 4.92 Å². The van der Waals surface area contributed by atoms with Gasteiger partial charge in [-0.2, -0.15) is 0 Å². The number of nitrogens with one attached hydrogen (secondary N) is 2.